The monoisotopic (exact) mass is 122 g/mol. The van der Waals surface area contributed by atoms with E-state index in [9.17, 15) is 4.79 Å². The Balaban J connectivity index is 2.19. The number of amides is 1. The van der Waals surface area contributed by atoms with Crippen molar-refractivity contribution in [2.45, 2.75) is 12.5 Å². The zero-order valence-electron chi connectivity index (χ0n) is 4.79. The number of hydrogen-bond acceptors (Lipinski definition) is 2. The highest BCUT2D eigenvalue weighted by atomic mass is 16.2. The van der Waals surface area contributed by atoms with Crippen LogP contribution < -0.4 is 5.32 Å². The number of fused-ring (bicyclic) bond motifs is 1. The van der Waals surface area contributed by atoms with E-state index in [4.69, 9.17) is 5.26 Å². The number of hydrogen-bond donors (Lipinski definition) is 1. The number of carbonyl (C=O) groups is 1. The zero-order chi connectivity index (χ0) is 6.43. The Morgan fingerprint density at radius 3 is 2.78 bits per heavy atom. The summed E-state index contributed by atoms with van der Waals surface area (Å²) in [6.07, 6.45) is 0.935. The average Bonchev–Trinajstić information content (AvgIpc) is 2.56. The molecule has 0 bridgehead atoms. The molecule has 3 nitrogen and oxygen atoms in total. The minimum absolute atomic E-state index is 0.0755. The predicted molar refractivity (Wildman–Crippen MR) is 29.1 cm³/mol. The van der Waals surface area contributed by atoms with Crippen molar-refractivity contribution in [3.63, 3.8) is 0 Å². The lowest BCUT2D eigenvalue weighted by Gasteiger charge is -1.99. The van der Waals surface area contributed by atoms with E-state index in [0.29, 0.717) is 5.92 Å². The highest BCUT2D eigenvalue weighted by Gasteiger charge is 2.54. The van der Waals surface area contributed by atoms with Crippen molar-refractivity contribution in [1.82, 2.24) is 5.32 Å². The summed E-state index contributed by atoms with van der Waals surface area (Å²) >= 11 is 0. The van der Waals surface area contributed by atoms with Gasteiger partial charge in [0.15, 0.2) is 0 Å². The summed E-state index contributed by atoms with van der Waals surface area (Å²) in [6.45, 7) is 0. The molecule has 0 aromatic heterocycles. The normalized spacial score (nSPS) is 45.2. The second-order valence-electron chi connectivity index (χ2n) is 2.62. The van der Waals surface area contributed by atoms with Crippen LogP contribution in [0, 0.1) is 23.2 Å². The maximum atomic E-state index is 10.7. The zero-order valence-corrected chi connectivity index (χ0v) is 4.79. The van der Waals surface area contributed by atoms with E-state index in [1.807, 2.05) is 0 Å². The molecule has 1 N–H and O–H groups in total. The molecule has 1 saturated carbocycles. The third-order valence-electron chi connectivity index (χ3n) is 2.04. The van der Waals surface area contributed by atoms with E-state index in [1.165, 1.54) is 0 Å². The van der Waals surface area contributed by atoms with Crippen LogP contribution in [0.5, 0.6) is 0 Å². The molecule has 3 heteroatoms. The second kappa shape index (κ2) is 1.27. The maximum absolute atomic E-state index is 10.7. The Hall–Kier alpha value is -1.04. The molecule has 3 atom stereocenters. The molecule has 0 aromatic carbocycles. The topological polar surface area (TPSA) is 52.9 Å². The Labute approximate surface area is 52.7 Å². The van der Waals surface area contributed by atoms with Gasteiger partial charge in [0.2, 0.25) is 5.91 Å². The molecule has 0 radical (unpaired) electrons. The van der Waals surface area contributed by atoms with Crippen molar-refractivity contribution in [2.24, 2.45) is 11.8 Å². The lowest BCUT2D eigenvalue weighted by atomic mass is 10.2. The summed E-state index contributed by atoms with van der Waals surface area (Å²) in [6, 6.07) is 1.88. The van der Waals surface area contributed by atoms with Crippen molar-refractivity contribution in [3.8, 4) is 6.07 Å². The first-order valence-corrected chi connectivity index (χ1v) is 3.03. The number of carbonyl (C=O) groups excluding carboxylic acids is 1. The van der Waals surface area contributed by atoms with Gasteiger partial charge < -0.3 is 5.32 Å². The van der Waals surface area contributed by atoms with Gasteiger partial charge in [-0.25, -0.2) is 0 Å². The predicted octanol–water partition coefficient (Wildman–Crippen LogP) is -0.356. The van der Waals surface area contributed by atoms with Gasteiger partial charge in [-0.2, -0.15) is 5.26 Å². The molecular formula is C6H6N2O. The molecule has 0 spiro atoms. The summed E-state index contributed by atoms with van der Waals surface area (Å²) < 4.78 is 0. The molecule has 46 valence electrons. The Kier molecular flexibility index (Phi) is 0.677. The number of rotatable bonds is 0. The summed E-state index contributed by atoms with van der Waals surface area (Å²) in [5.74, 6) is 0.615. The van der Waals surface area contributed by atoms with Crippen LogP contribution in [0.2, 0.25) is 0 Å². The summed E-state index contributed by atoms with van der Waals surface area (Å²) in [4.78, 5) is 10.7. The van der Waals surface area contributed by atoms with Gasteiger partial charge in [0, 0.05) is 11.8 Å². The van der Waals surface area contributed by atoms with Crippen molar-refractivity contribution >= 4 is 5.91 Å². The van der Waals surface area contributed by atoms with E-state index >= 15 is 0 Å². The Morgan fingerprint density at radius 1 is 1.78 bits per heavy atom. The SMILES string of the molecule is N#CC1NC(=O)C2CC12. The van der Waals surface area contributed by atoms with Crippen LogP contribution in [0.1, 0.15) is 6.42 Å². The molecule has 2 rings (SSSR count). The van der Waals surface area contributed by atoms with Gasteiger partial charge in [0.05, 0.1) is 6.07 Å². The molecule has 1 saturated heterocycles. The third kappa shape index (κ3) is 0.476. The number of nitrogens with one attached hydrogen (secondary N) is 1. The quantitative estimate of drug-likeness (QED) is 0.477. The molecule has 1 amide bonds. The lowest BCUT2D eigenvalue weighted by Crippen LogP contribution is -2.28. The van der Waals surface area contributed by atoms with E-state index in [2.05, 4.69) is 11.4 Å². The van der Waals surface area contributed by atoms with Crippen molar-refractivity contribution < 1.29 is 4.79 Å². The largest absolute Gasteiger partial charge is 0.340 e. The van der Waals surface area contributed by atoms with Crippen molar-refractivity contribution in [2.75, 3.05) is 0 Å². The fourth-order valence-corrected chi connectivity index (χ4v) is 1.38. The number of nitrogens with zero attached hydrogens (tertiary/aromatic N) is 1. The third-order valence-corrected chi connectivity index (χ3v) is 2.04. The first-order valence-electron chi connectivity index (χ1n) is 3.03. The van der Waals surface area contributed by atoms with Crippen LogP contribution in [0.15, 0.2) is 0 Å². The van der Waals surface area contributed by atoms with E-state index in [1.54, 1.807) is 0 Å². The minimum atomic E-state index is -0.178. The van der Waals surface area contributed by atoms with Crippen LogP contribution in [-0.2, 0) is 4.79 Å². The smallest absolute Gasteiger partial charge is 0.224 e. The van der Waals surface area contributed by atoms with Gasteiger partial charge in [0.25, 0.3) is 0 Å². The van der Waals surface area contributed by atoms with E-state index in [-0.39, 0.29) is 17.9 Å². The summed E-state index contributed by atoms with van der Waals surface area (Å²) in [5.41, 5.74) is 0. The molecule has 3 unspecified atom stereocenters. The highest BCUT2D eigenvalue weighted by Crippen LogP contribution is 2.45. The van der Waals surface area contributed by atoms with Crippen LogP contribution in [0.4, 0.5) is 0 Å². The van der Waals surface area contributed by atoms with Crippen LogP contribution in [-0.4, -0.2) is 11.9 Å². The lowest BCUT2D eigenvalue weighted by molar-refractivity contribution is -0.121. The highest BCUT2D eigenvalue weighted by molar-refractivity contribution is 5.85. The van der Waals surface area contributed by atoms with Crippen LogP contribution >= 0.6 is 0 Å². The van der Waals surface area contributed by atoms with Gasteiger partial charge in [-0.3, -0.25) is 4.79 Å². The first kappa shape index (κ1) is 4.80. The molecule has 2 fully saturated rings. The van der Waals surface area contributed by atoms with Crippen molar-refractivity contribution in [3.05, 3.63) is 0 Å². The van der Waals surface area contributed by atoms with Gasteiger partial charge in [0.1, 0.15) is 6.04 Å². The minimum Gasteiger partial charge on any atom is -0.340 e. The van der Waals surface area contributed by atoms with Gasteiger partial charge >= 0.3 is 0 Å². The van der Waals surface area contributed by atoms with Gasteiger partial charge in [-0.1, -0.05) is 0 Å². The maximum Gasteiger partial charge on any atom is 0.224 e. The standard InChI is InChI=1S/C6H6N2O/c7-2-5-3-1-4(3)6(9)8-5/h3-5H,1H2,(H,8,9). The van der Waals surface area contributed by atoms with Crippen molar-refractivity contribution in [1.29, 1.82) is 5.26 Å². The fourth-order valence-electron chi connectivity index (χ4n) is 1.38. The van der Waals surface area contributed by atoms with Crippen LogP contribution in [0.3, 0.4) is 0 Å². The molecule has 0 aromatic rings. The first-order chi connectivity index (χ1) is 4.33. The summed E-state index contributed by atoms with van der Waals surface area (Å²) in [7, 11) is 0. The number of piperidine rings is 1. The Morgan fingerprint density at radius 2 is 2.56 bits per heavy atom. The molecular weight excluding hydrogens is 116 g/mol. The Bertz CT molecular complexity index is 206. The number of nitriles is 1. The fraction of sp³-hybridized carbons (Fsp3) is 0.667. The van der Waals surface area contributed by atoms with E-state index < -0.39 is 0 Å². The van der Waals surface area contributed by atoms with Crippen LogP contribution in [0.25, 0.3) is 0 Å². The molecule has 9 heavy (non-hydrogen) atoms. The van der Waals surface area contributed by atoms with Gasteiger partial charge in [-0.15, -0.1) is 0 Å². The summed E-state index contributed by atoms with van der Waals surface area (Å²) in [5, 5.41) is 11.0. The van der Waals surface area contributed by atoms with E-state index in [0.717, 1.165) is 6.42 Å². The molecule has 1 heterocycles. The van der Waals surface area contributed by atoms with Gasteiger partial charge in [-0.05, 0) is 6.42 Å². The average molecular weight is 122 g/mol. The molecule has 2 aliphatic rings. The molecule has 1 aliphatic heterocycles. The second-order valence-corrected chi connectivity index (χ2v) is 2.62. The molecule has 1 aliphatic carbocycles.